The molecule has 2 N–H and O–H groups in total. The summed E-state index contributed by atoms with van der Waals surface area (Å²) in [5.74, 6) is -5.08. The van der Waals surface area contributed by atoms with E-state index in [2.05, 4.69) is 0 Å². The number of allylic oxidation sites excluding steroid dienone is 1. The number of aliphatic hydroxyl groups excluding tert-OH is 1. The Hall–Kier alpha value is -2.46. The Bertz CT molecular complexity index is 943. The van der Waals surface area contributed by atoms with E-state index >= 15 is 0 Å². The maximum atomic E-state index is 12.7. The third-order valence-electron chi connectivity index (χ3n) is 8.41. The smallest absolute Gasteiger partial charge is 0.312 e. The van der Waals surface area contributed by atoms with Gasteiger partial charge in [0.2, 0.25) is 0 Å². The zero-order valence-corrected chi connectivity index (χ0v) is 22.0. The summed E-state index contributed by atoms with van der Waals surface area (Å²) in [6.45, 7) is 10.5. The highest BCUT2D eigenvalue weighted by Crippen LogP contribution is 2.56. The van der Waals surface area contributed by atoms with Gasteiger partial charge in [-0.3, -0.25) is 19.2 Å². The fourth-order valence-corrected chi connectivity index (χ4v) is 6.47. The average Bonchev–Trinajstić information content (AvgIpc) is 2.97. The van der Waals surface area contributed by atoms with Crippen LogP contribution in [0.2, 0.25) is 0 Å². The quantitative estimate of drug-likeness (QED) is 0.328. The summed E-state index contributed by atoms with van der Waals surface area (Å²) in [5.41, 5.74) is -2.44. The number of hydrogen-bond donors (Lipinski definition) is 2. The van der Waals surface area contributed by atoms with Crippen molar-refractivity contribution >= 4 is 23.9 Å². The highest BCUT2D eigenvalue weighted by molar-refractivity contribution is 5.77. The minimum absolute atomic E-state index is 0.0555. The van der Waals surface area contributed by atoms with Crippen LogP contribution in [0.5, 0.6) is 0 Å². The SMILES string of the molecule is CC(=O)O[C@H]1CC/C(C)=C\[C@@H]2OC(=O)[C@H](C)[C@@]2(O)[C@@H](OC(C)=O)[C@H]2[C@@H](C)[C@@H](O)C[C@H](OC(C)=O)[C@@]21C. The molecular weight excluding hydrogens is 472 g/mol. The van der Waals surface area contributed by atoms with E-state index in [1.165, 1.54) is 27.7 Å². The molecule has 1 saturated heterocycles. The van der Waals surface area contributed by atoms with E-state index in [1.54, 1.807) is 26.8 Å². The summed E-state index contributed by atoms with van der Waals surface area (Å²) >= 11 is 0. The molecule has 3 aliphatic rings. The number of ether oxygens (including phenoxy) is 4. The van der Waals surface area contributed by atoms with Gasteiger partial charge in [0.15, 0.2) is 11.7 Å². The lowest BCUT2D eigenvalue weighted by Crippen LogP contribution is -2.68. The van der Waals surface area contributed by atoms with Gasteiger partial charge < -0.3 is 29.2 Å². The Labute approximate surface area is 211 Å². The van der Waals surface area contributed by atoms with Gasteiger partial charge in [0, 0.05) is 38.5 Å². The molecule has 3 rings (SSSR count). The van der Waals surface area contributed by atoms with Crippen molar-refractivity contribution in [2.75, 3.05) is 0 Å². The lowest BCUT2D eigenvalue weighted by atomic mass is 9.52. The van der Waals surface area contributed by atoms with Gasteiger partial charge in [-0.05, 0) is 38.7 Å². The van der Waals surface area contributed by atoms with E-state index in [9.17, 15) is 29.4 Å². The molecule has 2 fully saturated rings. The van der Waals surface area contributed by atoms with E-state index < -0.39 is 83.2 Å². The number of rotatable bonds is 3. The Morgan fingerprint density at radius 2 is 1.58 bits per heavy atom. The van der Waals surface area contributed by atoms with Gasteiger partial charge in [0.25, 0.3) is 0 Å². The number of carbonyl (C=O) groups excluding carboxylic acids is 4. The molecule has 36 heavy (non-hydrogen) atoms. The Balaban J connectivity index is 2.36. The van der Waals surface area contributed by atoms with Gasteiger partial charge >= 0.3 is 23.9 Å². The van der Waals surface area contributed by atoms with Gasteiger partial charge in [-0.25, -0.2) is 0 Å². The van der Waals surface area contributed by atoms with Crippen molar-refractivity contribution in [2.45, 2.75) is 104 Å². The monoisotopic (exact) mass is 510 g/mol. The number of hydrogen-bond acceptors (Lipinski definition) is 10. The molecule has 2 aliphatic carbocycles. The normalized spacial score (nSPS) is 44.1. The standard InChI is InChI=1S/C26H38O10/c1-12-8-9-19(33-15(4)27)25(7)20(34-16(5)28)11-18(30)13(2)22(25)23(35-17(6)29)26(32)14(3)24(31)36-21(26)10-12/h10,13-14,18-23,30,32H,8-9,11H2,1-7H3/b12-10-/t13-,14-,18-,19-,20-,21-,22+,23-,25-,26-/m0/s1. The third-order valence-corrected chi connectivity index (χ3v) is 8.41. The van der Waals surface area contributed by atoms with Crippen molar-refractivity contribution in [1.82, 2.24) is 0 Å². The number of esters is 4. The first-order chi connectivity index (χ1) is 16.6. The predicted octanol–water partition coefficient (Wildman–Crippen LogP) is 1.84. The van der Waals surface area contributed by atoms with Crippen molar-refractivity contribution in [3.8, 4) is 0 Å². The first kappa shape index (κ1) is 28.1. The molecule has 1 aliphatic heterocycles. The van der Waals surface area contributed by atoms with Crippen LogP contribution < -0.4 is 0 Å². The Morgan fingerprint density at radius 3 is 2.14 bits per heavy atom. The molecule has 1 saturated carbocycles. The molecule has 0 radical (unpaired) electrons. The minimum Gasteiger partial charge on any atom is -0.462 e. The zero-order chi connectivity index (χ0) is 27.2. The second-order valence-electron chi connectivity index (χ2n) is 10.8. The molecule has 0 aromatic heterocycles. The Morgan fingerprint density at radius 1 is 1.03 bits per heavy atom. The summed E-state index contributed by atoms with van der Waals surface area (Å²) in [5, 5.41) is 23.3. The van der Waals surface area contributed by atoms with Crippen molar-refractivity contribution in [1.29, 1.82) is 0 Å². The van der Waals surface area contributed by atoms with Crippen LogP contribution in [0.25, 0.3) is 0 Å². The second-order valence-corrected chi connectivity index (χ2v) is 10.8. The van der Waals surface area contributed by atoms with E-state index in [0.29, 0.717) is 12.8 Å². The molecule has 1 heterocycles. The number of fused-ring (bicyclic) bond motifs is 2. The van der Waals surface area contributed by atoms with Gasteiger partial charge in [-0.15, -0.1) is 0 Å². The molecule has 10 heteroatoms. The number of aliphatic hydroxyl groups is 2. The molecule has 202 valence electrons. The van der Waals surface area contributed by atoms with Gasteiger partial charge in [0.05, 0.1) is 12.0 Å². The van der Waals surface area contributed by atoms with Crippen molar-refractivity contribution in [3.05, 3.63) is 11.6 Å². The van der Waals surface area contributed by atoms with Crippen LogP contribution in [-0.4, -0.2) is 70.2 Å². The van der Waals surface area contributed by atoms with E-state index in [-0.39, 0.29) is 6.42 Å². The summed E-state index contributed by atoms with van der Waals surface area (Å²) in [6.07, 6.45) is -2.79. The van der Waals surface area contributed by atoms with Crippen LogP contribution in [0.4, 0.5) is 0 Å². The highest BCUT2D eigenvalue weighted by atomic mass is 16.6. The maximum absolute atomic E-state index is 12.7. The lowest BCUT2D eigenvalue weighted by molar-refractivity contribution is -0.250. The molecule has 0 amide bonds. The summed E-state index contributed by atoms with van der Waals surface area (Å²) in [6, 6.07) is 0. The van der Waals surface area contributed by atoms with Crippen LogP contribution in [0.15, 0.2) is 11.6 Å². The Kier molecular flexibility index (Phi) is 7.91. The summed E-state index contributed by atoms with van der Waals surface area (Å²) in [4.78, 5) is 49.6. The van der Waals surface area contributed by atoms with E-state index in [4.69, 9.17) is 18.9 Å². The van der Waals surface area contributed by atoms with Gasteiger partial charge in [0.1, 0.15) is 18.3 Å². The van der Waals surface area contributed by atoms with Crippen LogP contribution in [0.1, 0.15) is 67.7 Å². The van der Waals surface area contributed by atoms with Crippen LogP contribution in [0.3, 0.4) is 0 Å². The van der Waals surface area contributed by atoms with E-state index in [0.717, 1.165) is 5.57 Å². The topological polar surface area (TPSA) is 146 Å². The first-order valence-corrected chi connectivity index (χ1v) is 12.4. The van der Waals surface area contributed by atoms with Crippen molar-refractivity contribution in [3.63, 3.8) is 0 Å². The van der Waals surface area contributed by atoms with Crippen LogP contribution >= 0.6 is 0 Å². The van der Waals surface area contributed by atoms with Gasteiger partial charge in [-0.2, -0.15) is 0 Å². The van der Waals surface area contributed by atoms with Crippen molar-refractivity contribution in [2.24, 2.45) is 23.2 Å². The van der Waals surface area contributed by atoms with Crippen LogP contribution in [0, 0.1) is 23.2 Å². The lowest BCUT2D eigenvalue weighted by Gasteiger charge is -2.58. The molecule has 0 bridgehead atoms. The molecule has 0 aromatic carbocycles. The third kappa shape index (κ3) is 4.77. The van der Waals surface area contributed by atoms with Crippen molar-refractivity contribution < 1.29 is 48.3 Å². The highest BCUT2D eigenvalue weighted by Gasteiger charge is 2.68. The molecule has 0 unspecified atom stereocenters. The zero-order valence-electron chi connectivity index (χ0n) is 22.0. The van der Waals surface area contributed by atoms with E-state index in [1.807, 2.05) is 0 Å². The average molecular weight is 511 g/mol. The molecular formula is C26H38O10. The largest absolute Gasteiger partial charge is 0.462 e. The molecule has 10 atom stereocenters. The summed E-state index contributed by atoms with van der Waals surface area (Å²) < 4.78 is 22.9. The minimum atomic E-state index is -2.00. The molecule has 0 aromatic rings. The fraction of sp³-hybridized carbons (Fsp3) is 0.769. The fourth-order valence-electron chi connectivity index (χ4n) is 6.47. The first-order valence-electron chi connectivity index (χ1n) is 12.4. The number of carbonyl (C=O) groups is 4. The summed E-state index contributed by atoms with van der Waals surface area (Å²) in [7, 11) is 0. The molecule has 10 nitrogen and oxygen atoms in total. The van der Waals surface area contributed by atoms with Crippen LogP contribution in [-0.2, 0) is 38.1 Å². The maximum Gasteiger partial charge on any atom is 0.312 e. The predicted molar refractivity (Wildman–Crippen MR) is 125 cm³/mol. The second kappa shape index (κ2) is 10.1. The molecule has 0 spiro atoms. The van der Waals surface area contributed by atoms with Gasteiger partial charge in [-0.1, -0.05) is 19.4 Å².